The van der Waals surface area contributed by atoms with Crippen LogP contribution in [0.5, 0.6) is 11.5 Å². The van der Waals surface area contributed by atoms with Gasteiger partial charge in [-0.05, 0) is 55.0 Å². The van der Waals surface area contributed by atoms with Crippen LogP contribution in [0.3, 0.4) is 0 Å². The molecule has 3 aromatic rings. The van der Waals surface area contributed by atoms with Crippen molar-refractivity contribution in [1.82, 2.24) is 9.97 Å². The molecule has 0 radical (unpaired) electrons. The summed E-state index contributed by atoms with van der Waals surface area (Å²) in [6.45, 7) is 0.113. The average molecular weight is 412 g/mol. The van der Waals surface area contributed by atoms with Gasteiger partial charge in [0.05, 0.1) is 16.0 Å². The molecule has 0 saturated heterocycles. The van der Waals surface area contributed by atoms with E-state index in [2.05, 4.69) is 16.0 Å². The van der Waals surface area contributed by atoms with Crippen molar-refractivity contribution in [3.63, 3.8) is 0 Å². The van der Waals surface area contributed by atoms with Gasteiger partial charge in [-0.15, -0.1) is 11.3 Å². The van der Waals surface area contributed by atoms with Gasteiger partial charge >= 0.3 is 0 Å². The van der Waals surface area contributed by atoms with E-state index in [1.165, 1.54) is 4.88 Å². The van der Waals surface area contributed by atoms with Gasteiger partial charge in [0.25, 0.3) is 5.56 Å². The predicted octanol–water partition coefficient (Wildman–Crippen LogP) is 4.31. The highest BCUT2D eigenvalue weighted by Gasteiger charge is 2.21. The van der Waals surface area contributed by atoms with Gasteiger partial charge in [0.2, 0.25) is 6.79 Å². The van der Waals surface area contributed by atoms with E-state index in [-0.39, 0.29) is 23.7 Å². The van der Waals surface area contributed by atoms with Crippen LogP contribution in [0.15, 0.2) is 16.9 Å². The Kier molecular flexibility index (Phi) is 4.11. The fourth-order valence-corrected chi connectivity index (χ4v) is 5.22. The van der Waals surface area contributed by atoms with Crippen LogP contribution >= 0.6 is 22.9 Å². The number of aromatic nitrogens is 2. The number of rotatable bonds is 2. The van der Waals surface area contributed by atoms with E-state index in [0.717, 1.165) is 31.2 Å². The number of aromatic amines is 1. The molecule has 0 unspecified atom stereocenters. The lowest BCUT2D eigenvalue weighted by Gasteiger charge is -2.09. The minimum Gasteiger partial charge on any atom is -0.454 e. The van der Waals surface area contributed by atoms with E-state index in [1.807, 2.05) is 0 Å². The zero-order valence-corrected chi connectivity index (χ0v) is 16.2. The van der Waals surface area contributed by atoms with Crippen molar-refractivity contribution in [3.8, 4) is 17.6 Å². The van der Waals surface area contributed by atoms with E-state index < -0.39 is 0 Å². The Labute approximate surface area is 169 Å². The van der Waals surface area contributed by atoms with Crippen molar-refractivity contribution < 1.29 is 9.47 Å². The van der Waals surface area contributed by atoms with Gasteiger partial charge in [0.15, 0.2) is 17.3 Å². The molecule has 140 valence electrons. The van der Waals surface area contributed by atoms with Crippen LogP contribution in [0.1, 0.15) is 34.7 Å². The molecule has 5 rings (SSSR count). The third-order valence-corrected chi connectivity index (χ3v) is 6.43. The number of halogens is 1. The first-order valence-corrected chi connectivity index (χ1v) is 10.1. The Morgan fingerprint density at radius 2 is 2.18 bits per heavy atom. The zero-order valence-electron chi connectivity index (χ0n) is 14.7. The quantitative estimate of drug-likeness (QED) is 0.635. The maximum absolute atomic E-state index is 12.7. The highest BCUT2D eigenvalue weighted by Crippen LogP contribution is 2.40. The number of allylic oxidation sites excluding steroid dienone is 1. The number of benzene rings is 1. The van der Waals surface area contributed by atoms with Crippen LogP contribution in [0.25, 0.3) is 21.9 Å². The second-order valence-electron chi connectivity index (χ2n) is 6.71. The smallest absolute Gasteiger partial charge is 0.260 e. The molecule has 0 bridgehead atoms. The van der Waals surface area contributed by atoms with Crippen molar-refractivity contribution in [2.75, 3.05) is 6.79 Å². The van der Waals surface area contributed by atoms with Gasteiger partial charge in [-0.3, -0.25) is 4.79 Å². The van der Waals surface area contributed by atoms with Gasteiger partial charge < -0.3 is 14.5 Å². The third-order valence-electron chi connectivity index (χ3n) is 4.96. The standard InChI is InChI=1S/C20H14ClN3O3S/c21-13-6-10(7-14-17(13)27-9-26-14)5-11(8-22)18-23-19(25)16-12-3-1-2-4-15(12)28-20(16)24-18/h5-7H,1-4,9H2,(H,23,24,25)/b11-5+. The Morgan fingerprint density at radius 1 is 1.32 bits per heavy atom. The first-order chi connectivity index (χ1) is 13.6. The van der Waals surface area contributed by atoms with E-state index >= 15 is 0 Å². The van der Waals surface area contributed by atoms with Crippen LogP contribution in [-0.2, 0) is 12.8 Å². The summed E-state index contributed by atoms with van der Waals surface area (Å²) in [5.41, 5.74) is 1.85. The van der Waals surface area contributed by atoms with Crippen molar-refractivity contribution in [2.45, 2.75) is 25.7 Å². The normalized spacial score (nSPS) is 15.5. The van der Waals surface area contributed by atoms with E-state index in [0.29, 0.717) is 32.3 Å². The topological polar surface area (TPSA) is 88.0 Å². The number of aryl methyl sites for hydroxylation is 2. The summed E-state index contributed by atoms with van der Waals surface area (Å²) < 4.78 is 10.7. The molecular formula is C20H14ClN3O3S. The first kappa shape index (κ1) is 17.3. The second-order valence-corrected chi connectivity index (χ2v) is 8.20. The molecule has 8 heteroatoms. The first-order valence-electron chi connectivity index (χ1n) is 8.90. The van der Waals surface area contributed by atoms with Crippen LogP contribution in [-0.4, -0.2) is 16.8 Å². The number of hydrogen-bond acceptors (Lipinski definition) is 6. The molecule has 6 nitrogen and oxygen atoms in total. The molecule has 0 atom stereocenters. The van der Waals surface area contributed by atoms with E-state index in [9.17, 15) is 10.1 Å². The summed E-state index contributed by atoms with van der Waals surface area (Å²) in [7, 11) is 0. The van der Waals surface area contributed by atoms with Crippen LogP contribution in [0.2, 0.25) is 5.02 Å². The maximum Gasteiger partial charge on any atom is 0.260 e. The predicted molar refractivity (Wildman–Crippen MR) is 108 cm³/mol. The Balaban J connectivity index is 1.62. The van der Waals surface area contributed by atoms with Gasteiger partial charge in [0, 0.05) is 4.88 Å². The molecule has 2 aliphatic rings. The molecule has 1 aliphatic heterocycles. The van der Waals surface area contributed by atoms with Gasteiger partial charge in [-0.1, -0.05) is 11.6 Å². The number of hydrogen-bond donors (Lipinski definition) is 1. The number of fused-ring (bicyclic) bond motifs is 4. The minimum absolute atomic E-state index is 0.113. The fourth-order valence-electron chi connectivity index (χ4n) is 3.68. The number of nitrogens with zero attached hydrogens (tertiary/aromatic N) is 2. The number of ether oxygens (including phenoxy) is 2. The van der Waals surface area contributed by atoms with Crippen LogP contribution < -0.4 is 15.0 Å². The third kappa shape index (κ3) is 2.77. The molecule has 1 aromatic carbocycles. The molecule has 3 heterocycles. The van der Waals surface area contributed by atoms with E-state index in [1.54, 1.807) is 29.5 Å². The number of nitriles is 1. The summed E-state index contributed by atoms with van der Waals surface area (Å²) in [6, 6.07) is 5.56. The van der Waals surface area contributed by atoms with Gasteiger partial charge in [-0.25, -0.2) is 4.98 Å². The molecule has 1 N–H and O–H groups in total. The van der Waals surface area contributed by atoms with Crippen molar-refractivity contribution >= 4 is 44.8 Å². The number of nitrogens with one attached hydrogen (secondary N) is 1. The molecule has 28 heavy (non-hydrogen) atoms. The lowest BCUT2D eigenvalue weighted by Crippen LogP contribution is -2.12. The van der Waals surface area contributed by atoms with Crippen molar-refractivity contribution in [2.24, 2.45) is 0 Å². The summed E-state index contributed by atoms with van der Waals surface area (Å²) in [5.74, 6) is 1.28. The summed E-state index contributed by atoms with van der Waals surface area (Å²) in [6.07, 6.45) is 5.76. The highest BCUT2D eigenvalue weighted by atomic mass is 35.5. The molecule has 0 amide bonds. The molecule has 0 saturated carbocycles. The summed E-state index contributed by atoms with van der Waals surface area (Å²) in [4.78, 5) is 22.0. The largest absolute Gasteiger partial charge is 0.454 e. The lowest BCUT2D eigenvalue weighted by atomic mass is 9.97. The number of H-pyrrole nitrogens is 1. The fraction of sp³-hybridized carbons (Fsp3) is 0.250. The highest BCUT2D eigenvalue weighted by molar-refractivity contribution is 7.18. The summed E-state index contributed by atoms with van der Waals surface area (Å²) in [5, 5.41) is 10.7. The summed E-state index contributed by atoms with van der Waals surface area (Å²) >= 11 is 7.78. The molecule has 1 aliphatic carbocycles. The Bertz CT molecular complexity index is 1250. The van der Waals surface area contributed by atoms with Gasteiger partial charge in [-0.2, -0.15) is 5.26 Å². The second kappa shape index (κ2) is 6.66. The van der Waals surface area contributed by atoms with Gasteiger partial charge in [0.1, 0.15) is 10.9 Å². The SMILES string of the molecule is N#C/C(=C\c1cc(Cl)c2c(c1)OCO2)c1nc2sc3c(c2c(=O)[nH]1)CCCC3. The number of thiophene rings is 1. The monoisotopic (exact) mass is 411 g/mol. The molecular weight excluding hydrogens is 398 g/mol. The van der Waals surface area contributed by atoms with Crippen molar-refractivity contribution in [1.29, 1.82) is 5.26 Å². The lowest BCUT2D eigenvalue weighted by molar-refractivity contribution is 0.174. The molecule has 0 fully saturated rings. The maximum atomic E-state index is 12.7. The van der Waals surface area contributed by atoms with E-state index in [4.69, 9.17) is 21.1 Å². The average Bonchev–Trinajstić information content (AvgIpc) is 3.30. The van der Waals surface area contributed by atoms with Crippen molar-refractivity contribution in [3.05, 3.63) is 49.3 Å². The Hall–Kier alpha value is -2.82. The zero-order chi connectivity index (χ0) is 19.3. The molecule has 2 aromatic heterocycles. The minimum atomic E-state index is -0.190. The van der Waals surface area contributed by atoms with Crippen LogP contribution in [0.4, 0.5) is 0 Å². The molecule has 0 spiro atoms. The van der Waals surface area contributed by atoms with Crippen LogP contribution in [0, 0.1) is 11.3 Å². The Morgan fingerprint density at radius 3 is 3.04 bits per heavy atom.